The van der Waals surface area contributed by atoms with Gasteiger partial charge in [-0.2, -0.15) is 0 Å². The van der Waals surface area contributed by atoms with E-state index in [1.54, 1.807) is 11.8 Å². The number of hydrogen-bond acceptors (Lipinski definition) is 3. The van der Waals surface area contributed by atoms with E-state index >= 15 is 0 Å². The van der Waals surface area contributed by atoms with Gasteiger partial charge >= 0.3 is 0 Å². The lowest BCUT2D eigenvalue weighted by Crippen LogP contribution is -2.42. The molecule has 0 saturated heterocycles. The van der Waals surface area contributed by atoms with Crippen LogP contribution in [0.3, 0.4) is 0 Å². The quantitative estimate of drug-likeness (QED) is 0.686. The molecule has 4 rings (SSSR count). The van der Waals surface area contributed by atoms with E-state index < -0.39 is 6.04 Å². The lowest BCUT2D eigenvalue weighted by Gasteiger charge is -2.24. The van der Waals surface area contributed by atoms with Gasteiger partial charge in [-0.15, -0.1) is 0 Å². The minimum atomic E-state index is -0.601. The Balaban J connectivity index is 1.68. The Labute approximate surface area is 182 Å². The van der Waals surface area contributed by atoms with Crippen molar-refractivity contribution in [2.75, 3.05) is 16.8 Å². The van der Waals surface area contributed by atoms with Gasteiger partial charge in [0, 0.05) is 16.8 Å². The van der Waals surface area contributed by atoms with Gasteiger partial charge in [-0.25, -0.2) is 0 Å². The zero-order valence-corrected chi connectivity index (χ0v) is 17.9. The van der Waals surface area contributed by atoms with E-state index in [0.717, 1.165) is 33.7 Å². The molecular formula is C26H25N3O2. The Bertz CT molecular complexity index is 1170. The van der Waals surface area contributed by atoms with Gasteiger partial charge in [0.25, 0.3) is 5.91 Å². The number of rotatable bonds is 4. The van der Waals surface area contributed by atoms with Crippen molar-refractivity contribution in [1.82, 2.24) is 0 Å². The van der Waals surface area contributed by atoms with Crippen molar-refractivity contribution in [2.45, 2.75) is 26.8 Å². The van der Waals surface area contributed by atoms with Gasteiger partial charge < -0.3 is 10.2 Å². The zero-order chi connectivity index (χ0) is 22.0. The summed E-state index contributed by atoms with van der Waals surface area (Å²) in [5.74, 6) is -0.443. The number of para-hydroxylation sites is 1. The molecule has 1 heterocycles. The molecule has 0 fully saturated rings. The number of fused-ring (bicyclic) bond motifs is 1. The number of hydrogen-bond donors (Lipinski definition) is 1. The number of aryl methyl sites for hydroxylation is 1. The molecule has 0 spiro atoms. The van der Waals surface area contributed by atoms with Crippen molar-refractivity contribution >= 4 is 28.9 Å². The van der Waals surface area contributed by atoms with Gasteiger partial charge in [0.15, 0.2) is 0 Å². The summed E-state index contributed by atoms with van der Waals surface area (Å²) in [4.78, 5) is 32.4. The Hall–Kier alpha value is -3.73. The van der Waals surface area contributed by atoms with Crippen molar-refractivity contribution in [1.29, 1.82) is 0 Å². The summed E-state index contributed by atoms with van der Waals surface area (Å²) in [6, 6.07) is 22.6. The van der Waals surface area contributed by atoms with Gasteiger partial charge in [0.05, 0.1) is 11.4 Å². The summed E-state index contributed by atoms with van der Waals surface area (Å²) in [7, 11) is 0. The average molecular weight is 412 g/mol. The molecule has 5 nitrogen and oxygen atoms in total. The fourth-order valence-corrected chi connectivity index (χ4v) is 3.78. The summed E-state index contributed by atoms with van der Waals surface area (Å²) in [6.07, 6.45) is 0. The van der Waals surface area contributed by atoms with Crippen LogP contribution in [0.2, 0.25) is 0 Å². The van der Waals surface area contributed by atoms with Crippen molar-refractivity contribution in [2.24, 2.45) is 4.99 Å². The van der Waals surface area contributed by atoms with Crippen LogP contribution in [0.25, 0.3) is 0 Å². The lowest BCUT2D eigenvalue weighted by atomic mass is 10.0. The monoisotopic (exact) mass is 411 g/mol. The number of nitrogens with one attached hydrogen (secondary N) is 1. The molecule has 1 aliphatic rings. The molecule has 1 N–H and O–H groups in total. The molecule has 3 aromatic rings. The summed E-state index contributed by atoms with van der Waals surface area (Å²) in [5.41, 5.74) is 6.10. The van der Waals surface area contributed by atoms with E-state index in [0.29, 0.717) is 5.69 Å². The third-order valence-electron chi connectivity index (χ3n) is 5.62. The number of aliphatic imine (C=N–C) groups is 1. The molecular weight excluding hydrogens is 386 g/mol. The standard InChI is InChI=1S/C26H25N3O2/c1-17-10-9-14-22(18(17)2)28-24(30)16-29-23-15-8-7-13-21(23)25(27-19(3)26(29)31)20-11-5-4-6-12-20/h4-15,19H,16H2,1-3H3,(H,28,30). The van der Waals surface area contributed by atoms with E-state index in [1.165, 1.54) is 0 Å². The number of benzene rings is 3. The summed E-state index contributed by atoms with van der Waals surface area (Å²) in [5, 5.41) is 2.96. The predicted octanol–water partition coefficient (Wildman–Crippen LogP) is 4.51. The van der Waals surface area contributed by atoms with E-state index in [2.05, 4.69) is 5.32 Å². The second kappa shape index (κ2) is 8.56. The first-order valence-corrected chi connectivity index (χ1v) is 10.4. The molecule has 0 saturated carbocycles. The molecule has 3 aromatic carbocycles. The fourth-order valence-electron chi connectivity index (χ4n) is 3.78. The van der Waals surface area contributed by atoms with Crippen LogP contribution in [-0.4, -0.2) is 30.1 Å². The largest absolute Gasteiger partial charge is 0.324 e. The average Bonchev–Trinajstić information content (AvgIpc) is 2.88. The van der Waals surface area contributed by atoms with Crippen molar-refractivity contribution in [3.8, 4) is 0 Å². The number of benzodiazepines with no additional fused rings is 1. The van der Waals surface area contributed by atoms with Gasteiger partial charge in [0.2, 0.25) is 5.91 Å². The number of amides is 2. The molecule has 5 heteroatoms. The predicted molar refractivity (Wildman–Crippen MR) is 125 cm³/mol. The topological polar surface area (TPSA) is 61.8 Å². The lowest BCUT2D eigenvalue weighted by molar-refractivity contribution is -0.122. The zero-order valence-electron chi connectivity index (χ0n) is 17.9. The van der Waals surface area contributed by atoms with E-state index in [9.17, 15) is 9.59 Å². The molecule has 156 valence electrons. The van der Waals surface area contributed by atoms with E-state index in [1.807, 2.05) is 86.6 Å². The highest BCUT2D eigenvalue weighted by atomic mass is 16.2. The summed E-state index contributed by atoms with van der Waals surface area (Å²) >= 11 is 0. The van der Waals surface area contributed by atoms with Gasteiger partial charge in [-0.05, 0) is 44.0 Å². The van der Waals surface area contributed by atoms with Crippen LogP contribution >= 0.6 is 0 Å². The second-order valence-electron chi connectivity index (χ2n) is 7.76. The number of anilines is 2. The first-order valence-electron chi connectivity index (χ1n) is 10.4. The first kappa shape index (κ1) is 20.5. The van der Waals surface area contributed by atoms with Crippen molar-refractivity contribution in [3.05, 3.63) is 95.1 Å². The fraction of sp³-hybridized carbons (Fsp3) is 0.192. The molecule has 0 aliphatic carbocycles. The first-order chi connectivity index (χ1) is 15.0. The van der Waals surface area contributed by atoms with Crippen LogP contribution in [0.1, 0.15) is 29.2 Å². The Kier molecular flexibility index (Phi) is 5.67. The Morgan fingerprint density at radius 2 is 1.68 bits per heavy atom. The van der Waals surface area contributed by atoms with Crippen LogP contribution in [-0.2, 0) is 9.59 Å². The maximum absolute atomic E-state index is 13.2. The van der Waals surface area contributed by atoms with Crippen molar-refractivity contribution in [3.63, 3.8) is 0 Å². The van der Waals surface area contributed by atoms with E-state index in [-0.39, 0.29) is 18.4 Å². The maximum atomic E-state index is 13.2. The Morgan fingerprint density at radius 1 is 0.968 bits per heavy atom. The normalized spacial score (nSPS) is 15.7. The summed E-state index contributed by atoms with van der Waals surface area (Å²) < 4.78 is 0. The van der Waals surface area contributed by atoms with Crippen LogP contribution in [0, 0.1) is 13.8 Å². The minimum Gasteiger partial charge on any atom is -0.324 e. The highest BCUT2D eigenvalue weighted by molar-refractivity contribution is 6.20. The highest BCUT2D eigenvalue weighted by Crippen LogP contribution is 2.28. The minimum absolute atomic E-state index is 0.0782. The van der Waals surface area contributed by atoms with E-state index in [4.69, 9.17) is 4.99 Å². The molecule has 1 unspecified atom stereocenters. The molecule has 1 aliphatic heterocycles. The molecule has 0 aromatic heterocycles. The molecule has 0 radical (unpaired) electrons. The van der Waals surface area contributed by atoms with Gasteiger partial charge in [0.1, 0.15) is 12.6 Å². The van der Waals surface area contributed by atoms with Crippen LogP contribution < -0.4 is 10.2 Å². The third kappa shape index (κ3) is 4.12. The van der Waals surface area contributed by atoms with Crippen LogP contribution in [0.5, 0.6) is 0 Å². The third-order valence-corrected chi connectivity index (χ3v) is 5.62. The molecule has 1 atom stereocenters. The van der Waals surface area contributed by atoms with Gasteiger partial charge in [-0.1, -0.05) is 60.7 Å². The second-order valence-corrected chi connectivity index (χ2v) is 7.76. The van der Waals surface area contributed by atoms with Crippen molar-refractivity contribution < 1.29 is 9.59 Å². The summed E-state index contributed by atoms with van der Waals surface area (Å²) in [6.45, 7) is 5.67. The number of carbonyl (C=O) groups excluding carboxylic acids is 2. The number of nitrogens with zero attached hydrogens (tertiary/aromatic N) is 2. The van der Waals surface area contributed by atoms with Gasteiger partial charge in [-0.3, -0.25) is 14.6 Å². The number of carbonyl (C=O) groups is 2. The molecule has 31 heavy (non-hydrogen) atoms. The SMILES string of the molecule is Cc1cccc(NC(=O)CN2C(=O)C(C)N=C(c3ccccc3)c3ccccc32)c1C. The van der Waals surface area contributed by atoms with Crippen LogP contribution in [0.15, 0.2) is 77.8 Å². The smallest absolute Gasteiger partial charge is 0.252 e. The highest BCUT2D eigenvalue weighted by Gasteiger charge is 2.30. The molecule has 0 bridgehead atoms. The van der Waals surface area contributed by atoms with Crippen LogP contribution in [0.4, 0.5) is 11.4 Å². The molecule has 2 amide bonds. The maximum Gasteiger partial charge on any atom is 0.252 e. The Morgan fingerprint density at radius 3 is 2.45 bits per heavy atom.